The zero-order valence-corrected chi connectivity index (χ0v) is 15.9. The Morgan fingerprint density at radius 1 is 1.12 bits per heavy atom. The predicted molar refractivity (Wildman–Crippen MR) is 103 cm³/mol. The summed E-state index contributed by atoms with van der Waals surface area (Å²) in [6, 6.07) is 18.4. The number of carbonyl (C=O) groups is 1. The summed E-state index contributed by atoms with van der Waals surface area (Å²) < 4.78 is 1.07. The number of carboxylic acid groups (broad SMARTS) is 1. The third-order valence-electron chi connectivity index (χ3n) is 4.81. The van der Waals surface area contributed by atoms with Crippen molar-refractivity contribution in [3.8, 4) is 0 Å². The van der Waals surface area contributed by atoms with E-state index in [-0.39, 0.29) is 0 Å². The maximum Gasteiger partial charge on any atom is 0.407 e. The normalized spacial score (nSPS) is 21.3. The van der Waals surface area contributed by atoms with Gasteiger partial charge in [0.2, 0.25) is 0 Å². The molecule has 1 N–H and O–H groups in total. The van der Waals surface area contributed by atoms with Crippen LogP contribution in [0.4, 0.5) is 4.79 Å². The number of hydrogen-bond acceptors (Lipinski definition) is 2. The molecule has 4 nitrogen and oxygen atoms in total. The average Bonchev–Trinajstić information content (AvgIpc) is 2.55. The van der Waals surface area contributed by atoms with Gasteiger partial charge >= 0.3 is 6.09 Å². The van der Waals surface area contributed by atoms with Crippen LogP contribution in [0.3, 0.4) is 0 Å². The molecule has 1 aliphatic rings. The van der Waals surface area contributed by atoms with Crippen LogP contribution in [0.25, 0.3) is 0 Å². The molecule has 1 heterocycles. The summed E-state index contributed by atoms with van der Waals surface area (Å²) in [5.41, 5.74) is 1.97. The van der Waals surface area contributed by atoms with Gasteiger partial charge < -0.3 is 10.0 Å². The van der Waals surface area contributed by atoms with E-state index in [0.717, 1.165) is 30.5 Å². The first-order chi connectivity index (χ1) is 12.0. The smallest absolute Gasteiger partial charge is 0.407 e. The highest BCUT2D eigenvalue weighted by Crippen LogP contribution is 2.27. The molecule has 0 radical (unpaired) electrons. The highest BCUT2D eigenvalue weighted by atomic mass is 79.9. The van der Waals surface area contributed by atoms with Crippen LogP contribution < -0.4 is 0 Å². The second-order valence-electron chi connectivity index (χ2n) is 6.93. The van der Waals surface area contributed by atoms with Crippen LogP contribution in [0.2, 0.25) is 0 Å². The van der Waals surface area contributed by atoms with Crippen molar-refractivity contribution in [1.29, 1.82) is 0 Å². The quantitative estimate of drug-likeness (QED) is 0.831. The standard InChI is InChI=1S/C20H23BrN2O2/c1-20(13-16-6-3-2-4-7-16)15-22(10-11-23(20)19(24)25)14-17-8-5-9-18(21)12-17/h2-9,12H,10-11,13-15H2,1H3,(H,24,25)/t20-/m0/s1. The molecule has 2 aromatic carbocycles. The van der Waals surface area contributed by atoms with Crippen LogP contribution in [0.5, 0.6) is 0 Å². The second kappa shape index (κ2) is 7.58. The Hall–Kier alpha value is -1.85. The van der Waals surface area contributed by atoms with Crippen molar-refractivity contribution >= 4 is 22.0 Å². The average molecular weight is 403 g/mol. The summed E-state index contributed by atoms with van der Waals surface area (Å²) in [5, 5.41) is 9.67. The number of halogens is 1. The van der Waals surface area contributed by atoms with E-state index >= 15 is 0 Å². The SMILES string of the molecule is C[C@]1(Cc2ccccc2)CN(Cc2cccc(Br)c2)CCN1C(=O)O. The van der Waals surface area contributed by atoms with Gasteiger partial charge in [0.05, 0.1) is 5.54 Å². The first-order valence-corrected chi connectivity index (χ1v) is 9.27. The Morgan fingerprint density at radius 3 is 2.52 bits per heavy atom. The minimum Gasteiger partial charge on any atom is -0.465 e. The zero-order valence-electron chi connectivity index (χ0n) is 14.4. The fourth-order valence-corrected chi connectivity index (χ4v) is 4.15. The predicted octanol–water partition coefficient (Wildman–Crippen LogP) is 4.25. The maximum atomic E-state index is 11.8. The third kappa shape index (κ3) is 4.41. The monoisotopic (exact) mass is 402 g/mol. The van der Waals surface area contributed by atoms with E-state index in [1.165, 1.54) is 11.1 Å². The lowest BCUT2D eigenvalue weighted by molar-refractivity contribution is 0.0131. The van der Waals surface area contributed by atoms with Crippen LogP contribution in [0.1, 0.15) is 18.1 Å². The van der Waals surface area contributed by atoms with Crippen molar-refractivity contribution in [2.75, 3.05) is 19.6 Å². The van der Waals surface area contributed by atoms with Gasteiger partial charge in [-0.2, -0.15) is 0 Å². The van der Waals surface area contributed by atoms with E-state index in [1.54, 1.807) is 4.90 Å². The molecule has 0 aromatic heterocycles. The first-order valence-electron chi connectivity index (χ1n) is 8.48. The van der Waals surface area contributed by atoms with Crippen molar-refractivity contribution in [1.82, 2.24) is 9.80 Å². The summed E-state index contributed by atoms with van der Waals surface area (Å²) in [4.78, 5) is 15.7. The molecule has 0 unspecified atom stereocenters. The fraction of sp³-hybridized carbons (Fsp3) is 0.350. The first kappa shape index (κ1) is 18.0. The number of rotatable bonds is 4. The topological polar surface area (TPSA) is 43.8 Å². The lowest BCUT2D eigenvalue weighted by atomic mass is 9.88. The van der Waals surface area contributed by atoms with Crippen LogP contribution in [-0.2, 0) is 13.0 Å². The van der Waals surface area contributed by atoms with Crippen LogP contribution >= 0.6 is 15.9 Å². The molecule has 3 rings (SSSR count). The number of hydrogen-bond donors (Lipinski definition) is 1. The van der Waals surface area contributed by atoms with Gasteiger partial charge in [0.25, 0.3) is 0 Å². The Labute approximate surface area is 157 Å². The molecule has 0 aliphatic carbocycles. The molecular formula is C20H23BrN2O2. The number of piperazine rings is 1. The van der Waals surface area contributed by atoms with Gasteiger partial charge in [-0.1, -0.05) is 58.4 Å². The molecule has 1 fully saturated rings. The molecule has 1 saturated heterocycles. The summed E-state index contributed by atoms with van der Waals surface area (Å²) in [6.07, 6.45) is -0.115. The molecule has 0 bridgehead atoms. The van der Waals surface area contributed by atoms with E-state index in [0.29, 0.717) is 6.54 Å². The van der Waals surface area contributed by atoms with Gasteiger partial charge in [-0.25, -0.2) is 4.79 Å². The Bertz CT molecular complexity index is 737. The fourth-order valence-electron chi connectivity index (χ4n) is 3.70. The molecule has 2 aromatic rings. The molecule has 25 heavy (non-hydrogen) atoms. The zero-order chi connectivity index (χ0) is 17.9. The summed E-state index contributed by atoms with van der Waals surface area (Å²) in [6.45, 7) is 4.90. The van der Waals surface area contributed by atoms with E-state index in [9.17, 15) is 9.90 Å². The van der Waals surface area contributed by atoms with Gasteiger partial charge in [-0.05, 0) is 36.6 Å². The molecule has 1 atom stereocenters. The van der Waals surface area contributed by atoms with E-state index < -0.39 is 11.6 Å². The van der Waals surface area contributed by atoms with Gasteiger partial charge in [0, 0.05) is 30.7 Å². The minimum atomic E-state index is -0.833. The molecule has 5 heteroatoms. The van der Waals surface area contributed by atoms with Crippen LogP contribution in [0, 0.1) is 0 Å². The second-order valence-corrected chi connectivity index (χ2v) is 7.85. The van der Waals surface area contributed by atoms with Gasteiger partial charge in [0.15, 0.2) is 0 Å². The molecule has 0 spiro atoms. The highest BCUT2D eigenvalue weighted by molar-refractivity contribution is 9.10. The van der Waals surface area contributed by atoms with Crippen LogP contribution in [0.15, 0.2) is 59.1 Å². The van der Waals surface area contributed by atoms with Gasteiger partial charge in [-0.3, -0.25) is 4.90 Å². The van der Waals surface area contributed by atoms with Crippen molar-refractivity contribution in [3.05, 3.63) is 70.2 Å². The number of nitrogens with zero attached hydrogens (tertiary/aromatic N) is 2. The van der Waals surface area contributed by atoms with Crippen molar-refractivity contribution in [2.24, 2.45) is 0 Å². The highest BCUT2D eigenvalue weighted by Gasteiger charge is 2.40. The van der Waals surface area contributed by atoms with Crippen molar-refractivity contribution in [3.63, 3.8) is 0 Å². The van der Waals surface area contributed by atoms with E-state index in [1.807, 2.05) is 30.3 Å². The third-order valence-corrected chi connectivity index (χ3v) is 5.30. The van der Waals surface area contributed by atoms with E-state index in [4.69, 9.17) is 0 Å². The number of benzene rings is 2. The molecule has 0 saturated carbocycles. The Balaban J connectivity index is 1.78. The van der Waals surface area contributed by atoms with E-state index in [2.05, 4.69) is 52.0 Å². The van der Waals surface area contributed by atoms with Crippen molar-refractivity contribution in [2.45, 2.75) is 25.4 Å². The summed E-state index contributed by atoms with van der Waals surface area (Å²) in [5.74, 6) is 0. The summed E-state index contributed by atoms with van der Waals surface area (Å²) in [7, 11) is 0. The van der Waals surface area contributed by atoms with Crippen molar-refractivity contribution < 1.29 is 9.90 Å². The molecular weight excluding hydrogens is 380 g/mol. The van der Waals surface area contributed by atoms with Crippen LogP contribution in [-0.4, -0.2) is 46.2 Å². The van der Waals surface area contributed by atoms with Gasteiger partial charge in [-0.15, -0.1) is 0 Å². The lowest BCUT2D eigenvalue weighted by Crippen LogP contribution is -2.63. The number of amides is 1. The molecule has 132 valence electrons. The van der Waals surface area contributed by atoms with Gasteiger partial charge in [0.1, 0.15) is 0 Å². The molecule has 1 aliphatic heterocycles. The largest absolute Gasteiger partial charge is 0.465 e. The summed E-state index contributed by atoms with van der Waals surface area (Å²) >= 11 is 3.52. The Morgan fingerprint density at radius 2 is 1.84 bits per heavy atom. The maximum absolute atomic E-state index is 11.8. The molecule has 1 amide bonds. The lowest BCUT2D eigenvalue weighted by Gasteiger charge is -2.48. The Kier molecular flexibility index (Phi) is 5.45. The minimum absolute atomic E-state index is 0.433.